The number of likely N-dealkylation sites (N-methyl/N-ethyl adjacent to an activating group) is 1. The molecule has 0 spiro atoms. The van der Waals surface area contributed by atoms with E-state index >= 15 is 0 Å². The molecule has 1 amide bonds. The van der Waals surface area contributed by atoms with Crippen molar-refractivity contribution in [3.63, 3.8) is 0 Å². The van der Waals surface area contributed by atoms with Gasteiger partial charge in [0, 0.05) is 11.8 Å². The van der Waals surface area contributed by atoms with Gasteiger partial charge < -0.3 is 10.2 Å². The number of halogens is 1. The van der Waals surface area contributed by atoms with Crippen molar-refractivity contribution in [2.45, 2.75) is 20.4 Å². The minimum Gasteiger partial charge on any atom is -0.326 e. The zero-order chi connectivity index (χ0) is 16.1. The fraction of sp³-hybridized carbons (Fsp3) is 0.294. The summed E-state index contributed by atoms with van der Waals surface area (Å²) in [7, 11) is 2.00. The van der Waals surface area contributed by atoms with Crippen molar-refractivity contribution >= 4 is 23.2 Å². The number of nitrogens with one attached hydrogen (secondary N) is 2. The minimum absolute atomic E-state index is 0.0721. The van der Waals surface area contributed by atoms with Crippen molar-refractivity contribution in [1.82, 2.24) is 4.98 Å². The second-order valence-electron chi connectivity index (χ2n) is 5.63. The van der Waals surface area contributed by atoms with Crippen LogP contribution < -0.4 is 10.2 Å². The first-order valence-corrected chi connectivity index (χ1v) is 7.61. The van der Waals surface area contributed by atoms with Crippen molar-refractivity contribution in [1.29, 1.82) is 0 Å². The second-order valence-corrected chi connectivity index (χ2v) is 5.99. The van der Waals surface area contributed by atoms with Crippen molar-refractivity contribution < 1.29 is 9.69 Å². The van der Waals surface area contributed by atoms with Crippen molar-refractivity contribution in [2.24, 2.45) is 0 Å². The number of pyridine rings is 1. The van der Waals surface area contributed by atoms with Gasteiger partial charge in [-0.2, -0.15) is 0 Å². The normalized spacial score (nSPS) is 12.0. The summed E-state index contributed by atoms with van der Waals surface area (Å²) >= 11 is 5.94. The zero-order valence-corrected chi connectivity index (χ0v) is 13.9. The molecule has 22 heavy (non-hydrogen) atoms. The Morgan fingerprint density at radius 3 is 2.77 bits per heavy atom. The Morgan fingerprint density at radius 1 is 1.32 bits per heavy atom. The van der Waals surface area contributed by atoms with E-state index in [1.54, 1.807) is 18.3 Å². The van der Waals surface area contributed by atoms with Gasteiger partial charge in [-0.15, -0.1) is 0 Å². The number of rotatable bonds is 5. The van der Waals surface area contributed by atoms with Crippen molar-refractivity contribution in [3.05, 3.63) is 58.4 Å². The summed E-state index contributed by atoms with van der Waals surface area (Å²) in [5.41, 5.74) is 4.32. The van der Waals surface area contributed by atoms with Crippen LogP contribution >= 0.6 is 11.6 Å². The number of nitrogens with zero attached hydrogens (tertiary/aromatic N) is 1. The lowest BCUT2D eigenvalue weighted by Gasteiger charge is -2.15. The molecule has 1 atom stereocenters. The van der Waals surface area contributed by atoms with Crippen LogP contribution in [0.4, 0.5) is 5.69 Å². The van der Waals surface area contributed by atoms with Crippen molar-refractivity contribution in [2.75, 3.05) is 18.9 Å². The van der Waals surface area contributed by atoms with Gasteiger partial charge >= 0.3 is 0 Å². The summed E-state index contributed by atoms with van der Waals surface area (Å²) in [6, 6.07) is 9.88. The molecule has 1 aromatic carbocycles. The minimum atomic E-state index is -0.0721. The number of hydrogen-bond donors (Lipinski definition) is 2. The highest BCUT2D eigenvalue weighted by atomic mass is 35.5. The number of carbonyl (C=O) groups is 1. The number of quaternary nitrogens is 1. The molecule has 0 saturated carbocycles. The fourth-order valence-electron chi connectivity index (χ4n) is 2.38. The molecule has 0 saturated heterocycles. The molecule has 1 aromatic heterocycles. The summed E-state index contributed by atoms with van der Waals surface area (Å²) < 4.78 is 0. The van der Waals surface area contributed by atoms with Crippen LogP contribution in [0.3, 0.4) is 0 Å². The van der Waals surface area contributed by atoms with Crippen molar-refractivity contribution in [3.8, 4) is 0 Å². The van der Waals surface area contributed by atoms with E-state index in [-0.39, 0.29) is 5.91 Å². The van der Waals surface area contributed by atoms with Gasteiger partial charge in [-0.05, 0) is 31.5 Å². The largest absolute Gasteiger partial charge is 0.326 e. The third kappa shape index (κ3) is 4.55. The molecular weight excluding hydrogens is 298 g/mol. The first kappa shape index (κ1) is 16.5. The van der Waals surface area contributed by atoms with Crippen LogP contribution in [0.5, 0.6) is 0 Å². The Kier molecular flexibility index (Phi) is 5.52. The standard InChI is InChI=1S/C17H20ClN3O/c1-12-6-7-14(13(2)9-12)10-21(3)11-16(22)20-15-5-4-8-19-17(15)18/h4-9H,10-11H2,1-3H3,(H,20,22)/p+1. The maximum atomic E-state index is 12.1. The summed E-state index contributed by atoms with van der Waals surface area (Å²) in [4.78, 5) is 17.1. The Morgan fingerprint density at radius 2 is 2.09 bits per heavy atom. The van der Waals surface area contributed by atoms with Gasteiger partial charge in [0.15, 0.2) is 11.7 Å². The van der Waals surface area contributed by atoms with E-state index in [0.29, 0.717) is 17.4 Å². The van der Waals surface area contributed by atoms with Crippen LogP contribution in [0.1, 0.15) is 16.7 Å². The molecule has 0 radical (unpaired) electrons. The van der Waals surface area contributed by atoms with Crippen LogP contribution in [0.25, 0.3) is 0 Å². The number of anilines is 1. The second kappa shape index (κ2) is 7.38. The monoisotopic (exact) mass is 318 g/mol. The lowest BCUT2D eigenvalue weighted by molar-refractivity contribution is -0.885. The highest BCUT2D eigenvalue weighted by Gasteiger charge is 2.13. The highest BCUT2D eigenvalue weighted by Crippen LogP contribution is 2.16. The van der Waals surface area contributed by atoms with Crippen LogP contribution in [-0.2, 0) is 11.3 Å². The molecule has 1 heterocycles. The fourth-order valence-corrected chi connectivity index (χ4v) is 2.55. The molecule has 0 fully saturated rings. The van der Waals surface area contributed by atoms with Crippen LogP contribution in [0.2, 0.25) is 5.15 Å². The smallest absolute Gasteiger partial charge is 0.279 e. The first-order valence-electron chi connectivity index (χ1n) is 7.23. The Balaban J connectivity index is 1.92. The van der Waals surface area contributed by atoms with Crippen LogP contribution in [0.15, 0.2) is 36.5 Å². The predicted octanol–water partition coefficient (Wildman–Crippen LogP) is 2.01. The quantitative estimate of drug-likeness (QED) is 0.828. The lowest BCUT2D eigenvalue weighted by Crippen LogP contribution is -3.08. The molecule has 4 nitrogen and oxygen atoms in total. The maximum absolute atomic E-state index is 12.1. The van der Waals surface area contributed by atoms with Gasteiger partial charge in [0.1, 0.15) is 6.54 Å². The highest BCUT2D eigenvalue weighted by molar-refractivity contribution is 6.32. The Labute approximate surface area is 136 Å². The van der Waals surface area contributed by atoms with Gasteiger partial charge in [-0.1, -0.05) is 35.4 Å². The number of aromatic nitrogens is 1. The summed E-state index contributed by atoms with van der Waals surface area (Å²) in [6.07, 6.45) is 1.59. The summed E-state index contributed by atoms with van der Waals surface area (Å²) in [6.45, 7) is 5.36. The molecule has 5 heteroatoms. The molecule has 2 N–H and O–H groups in total. The first-order chi connectivity index (χ1) is 10.5. The molecular formula is C17H21ClN3O+. The predicted molar refractivity (Wildman–Crippen MR) is 89.3 cm³/mol. The molecule has 0 aliphatic rings. The van der Waals surface area contributed by atoms with E-state index in [1.807, 2.05) is 7.05 Å². The summed E-state index contributed by atoms with van der Waals surface area (Å²) in [5.74, 6) is -0.0721. The maximum Gasteiger partial charge on any atom is 0.279 e. The van der Waals surface area contributed by atoms with E-state index in [0.717, 1.165) is 11.4 Å². The Hall–Kier alpha value is -1.91. The third-order valence-corrected chi connectivity index (χ3v) is 3.79. The average Bonchev–Trinajstić information content (AvgIpc) is 2.44. The molecule has 0 aliphatic heterocycles. The molecule has 2 rings (SSSR count). The number of hydrogen-bond acceptors (Lipinski definition) is 2. The SMILES string of the molecule is Cc1ccc(C[NH+](C)CC(=O)Nc2cccnc2Cl)c(C)c1. The number of aryl methyl sites for hydroxylation is 2. The van der Waals surface area contributed by atoms with E-state index in [4.69, 9.17) is 11.6 Å². The average molecular weight is 319 g/mol. The topological polar surface area (TPSA) is 46.4 Å². The van der Waals surface area contributed by atoms with Gasteiger partial charge in [0.25, 0.3) is 5.91 Å². The van der Waals surface area contributed by atoms with Gasteiger partial charge in [0.2, 0.25) is 0 Å². The zero-order valence-electron chi connectivity index (χ0n) is 13.1. The van der Waals surface area contributed by atoms with E-state index in [1.165, 1.54) is 16.7 Å². The molecule has 2 aromatic rings. The van der Waals surface area contributed by atoms with Gasteiger partial charge in [-0.3, -0.25) is 4.79 Å². The number of benzene rings is 1. The van der Waals surface area contributed by atoms with Crippen LogP contribution in [-0.4, -0.2) is 24.5 Å². The molecule has 116 valence electrons. The summed E-state index contributed by atoms with van der Waals surface area (Å²) in [5, 5.41) is 3.10. The Bertz CT molecular complexity index is 673. The molecule has 0 aliphatic carbocycles. The molecule has 0 bridgehead atoms. The third-order valence-electron chi connectivity index (χ3n) is 3.49. The lowest BCUT2D eigenvalue weighted by atomic mass is 10.1. The van der Waals surface area contributed by atoms with Crippen LogP contribution in [0, 0.1) is 13.8 Å². The van der Waals surface area contributed by atoms with E-state index < -0.39 is 0 Å². The van der Waals surface area contributed by atoms with E-state index in [2.05, 4.69) is 42.3 Å². The van der Waals surface area contributed by atoms with Gasteiger partial charge in [0.05, 0.1) is 12.7 Å². The number of amides is 1. The van der Waals surface area contributed by atoms with Gasteiger partial charge in [-0.25, -0.2) is 4.98 Å². The molecule has 1 unspecified atom stereocenters. The van der Waals surface area contributed by atoms with E-state index in [9.17, 15) is 4.79 Å². The number of carbonyl (C=O) groups excluding carboxylic acids is 1.